The summed E-state index contributed by atoms with van der Waals surface area (Å²) in [5, 5.41) is 6.06. The summed E-state index contributed by atoms with van der Waals surface area (Å²) in [5.41, 5.74) is 2.56. The quantitative estimate of drug-likeness (QED) is 0.391. The van der Waals surface area contributed by atoms with E-state index in [1.54, 1.807) is 29.0 Å². The highest BCUT2D eigenvalue weighted by Gasteiger charge is 2.51. The van der Waals surface area contributed by atoms with Crippen molar-refractivity contribution >= 4 is 17.8 Å². The molecular weight excluding hydrogens is 546 g/mol. The van der Waals surface area contributed by atoms with Crippen LogP contribution in [-0.4, -0.2) is 84.2 Å². The second-order valence-corrected chi connectivity index (χ2v) is 10.3. The highest BCUT2D eigenvalue weighted by atomic mass is 16.5. The molecule has 0 aromatic heterocycles. The molecule has 222 valence electrons. The van der Waals surface area contributed by atoms with Gasteiger partial charge in [0, 0.05) is 13.1 Å². The van der Waals surface area contributed by atoms with Gasteiger partial charge in [0.2, 0.25) is 11.8 Å². The highest BCUT2D eigenvalue weighted by Crippen LogP contribution is 2.35. The fraction of sp³-hybridized carbons (Fsp3) is 0.303. The third-order valence-electron chi connectivity index (χ3n) is 7.72. The van der Waals surface area contributed by atoms with E-state index in [2.05, 4.69) is 11.2 Å². The van der Waals surface area contributed by atoms with E-state index in [4.69, 9.17) is 15.9 Å². The van der Waals surface area contributed by atoms with E-state index in [-0.39, 0.29) is 31.4 Å². The van der Waals surface area contributed by atoms with Crippen molar-refractivity contribution in [2.75, 3.05) is 40.4 Å². The average Bonchev–Trinajstić information content (AvgIpc) is 3.04. The Labute approximate surface area is 251 Å². The highest BCUT2D eigenvalue weighted by molar-refractivity contribution is 5.92. The van der Waals surface area contributed by atoms with E-state index in [0.717, 1.165) is 11.1 Å². The molecule has 1 N–H and O–H groups in total. The van der Waals surface area contributed by atoms with Gasteiger partial charge in [0.25, 0.3) is 0 Å². The summed E-state index contributed by atoms with van der Waals surface area (Å²) in [6, 6.07) is 23.1. The molecule has 5 rings (SSSR count). The fourth-order valence-electron chi connectivity index (χ4n) is 5.64. The van der Waals surface area contributed by atoms with Gasteiger partial charge in [-0.3, -0.25) is 9.59 Å². The van der Waals surface area contributed by atoms with Crippen molar-refractivity contribution in [1.29, 1.82) is 0 Å². The maximum absolute atomic E-state index is 14.1. The van der Waals surface area contributed by atoms with Gasteiger partial charge in [-0.05, 0) is 35.2 Å². The Hall–Kier alpha value is -5.01. The summed E-state index contributed by atoms with van der Waals surface area (Å²) in [5.74, 6) is 3.32. The zero-order valence-corrected chi connectivity index (χ0v) is 24.3. The molecule has 4 amide bonds. The number of methoxy groups -OCH3 is 2. The van der Waals surface area contributed by atoms with E-state index < -0.39 is 18.2 Å². The van der Waals surface area contributed by atoms with Gasteiger partial charge < -0.3 is 24.6 Å². The lowest BCUT2D eigenvalue weighted by molar-refractivity contribution is -0.189. The predicted molar refractivity (Wildman–Crippen MR) is 161 cm³/mol. The molecule has 2 saturated heterocycles. The van der Waals surface area contributed by atoms with Gasteiger partial charge in [-0.1, -0.05) is 72.7 Å². The van der Waals surface area contributed by atoms with Crippen LogP contribution in [0.2, 0.25) is 0 Å². The lowest BCUT2D eigenvalue weighted by Gasteiger charge is -2.55. The summed E-state index contributed by atoms with van der Waals surface area (Å²) in [7, 11) is 3.16. The van der Waals surface area contributed by atoms with Crippen molar-refractivity contribution in [2.24, 2.45) is 0 Å². The molecule has 2 fully saturated rings. The Bertz CT molecular complexity index is 1490. The number of urea groups is 1. The first-order valence-corrected chi connectivity index (χ1v) is 14.1. The normalized spacial score (nSPS) is 18.6. The lowest BCUT2D eigenvalue weighted by Crippen LogP contribution is -2.74. The number of hydrogen-bond donors (Lipinski definition) is 1. The number of rotatable bonds is 9. The van der Waals surface area contributed by atoms with E-state index in [1.165, 1.54) is 5.01 Å². The van der Waals surface area contributed by atoms with Crippen LogP contribution in [0.5, 0.6) is 11.5 Å². The minimum absolute atomic E-state index is 0.0600. The van der Waals surface area contributed by atoms with E-state index in [9.17, 15) is 14.4 Å². The fourth-order valence-corrected chi connectivity index (χ4v) is 5.64. The van der Waals surface area contributed by atoms with E-state index >= 15 is 0 Å². The maximum Gasteiger partial charge on any atom is 0.334 e. The van der Waals surface area contributed by atoms with Crippen molar-refractivity contribution in [2.45, 2.75) is 25.2 Å². The number of hydrogen-bond acceptors (Lipinski definition) is 6. The van der Waals surface area contributed by atoms with E-state index in [0.29, 0.717) is 36.6 Å². The molecule has 2 atom stereocenters. The molecule has 2 aliphatic rings. The molecule has 3 aromatic rings. The van der Waals surface area contributed by atoms with E-state index in [1.807, 2.05) is 78.9 Å². The van der Waals surface area contributed by atoms with Crippen molar-refractivity contribution in [3.8, 4) is 23.8 Å². The van der Waals surface area contributed by atoms with Crippen LogP contribution in [0.4, 0.5) is 4.79 Å². The SMILES string of the molecule is C#CCN1CC(=O)N2[C@@H](c3ccccc3)C(=O)N(CCc3ccc(OC)c(OC)c3)C[C@@H]2N1C(=O)NCc1ccccc1. The summed E-state index contributed by atoms with van der Waals surface area (Å²) in [4.78, 5) is 44.8. The van der Waals surface area contributed by atoms with Crippen molar-refractivity contribution < 1.29 is 23.9 Å². The molecule has 0 bridgehead atoms. The number of nitrogens with one attached hydrogen (secondary N) is 1. The third-order valence-corrected chi connectivity index (χ3v) is 7.72. The molecule has 10 heteroatoms. The molecule has 10 nitrogen and oxygen atoms in total. The Kier molecular flexibility index (Phi) is 9.13. The summed E-state index contributed by atoms with van der Waals surface area (Å²) < 4.78 is 10.8. The summed E-state index contributed by atoms with van der Waals surface area (Å²) in [6.07, 6.45) is 5.43. The number of nitrogens with zero attached hydrogens (tertiary/aromatic N) is 4. The predicted octanol–water partition coefficient (Wildman–Crippen LogP) is 3.06. The first-order chi connectivity index (χ1) is 20.9. The molecule has 3 aromatic carbocycles. The number of amides is 4. The topological polar surface area (TPSA) is 94.7 Å². The largest absolute Gasteiger partial charge is 0.493 e. The number of fused-ring (bicyclic) bond motifs is 1. The van der Waals surface area contributed by atoms with Crippen molar-refractivity contribution in [3.63, 3.8) is 0 Å². The minimum atomic E-state index is -0.893. The number of benzene rings is 3. The molecule has 2 heterocycles. The second-order valence-electron chi connectivity index (χ2n) is 10.3. The number of hydrazine groups is 1. The molecule has 43 heavy (non-hydrogen) atoms. The van der Waals surface area contributed by atoms with Crippen LogP contribution >= 0.6 is 0 Å². The first-order valence-electron chi connectivity index (χ1n) is 14.1. The molecule has 0 radical (unpaired) electrons. The van der Waals surface area contributed by atoms with Crippen LogP contribution in [0.15, 0.2) is 78.9 Å². The number of terminal acetylenes is 1. The van der Waals surface area contributed by atoms with Crippen LogP contribution in [0, 0.1) is 12.3 Å². The maximum atomic E-state index is 14.1. The number of carbonyl (C=O) groups is 3. The number of piperazine rings is 1. The lowest BCUT2D eigenvalue weighted by atomic mass is 9.98. The van der Waals surface area contributed by atoms with Crippen LogP contribution in [0.1, 0.15) is 22.7 Å². The average molecular weight is 582 g/mol. The van der Waals surface area contributed by atoms with Gasteiger partial charge in [-0.15, -0.1) is 6.42 Å². The third kappa shape index (κ3) is 6.27. The molecule has 0 aliphatic carbocycles. The Balaban J connectivity index is 1.46. The van der Waals surface area contributed by atoms with Gasteiger partial charge in [0.15, 0.2) is 11.5 Å². The van der Waals surface area contributed by atoms with Gasteiger partial charge in [0.1, 0.15) is 12.2 Å². The number of ether oxygens (including phenoxy) is 2. The molecule has 0 spiro atoms. The minimum Gasteiger partial charge on any atom is -0.493 e. The van der Waals surface area contributed by atoms with Gasteiger partial charge in [-0.25, -0.2) is 9.80 Å². The summed E-state index contributed by atoms with van der Waals surface area (Å²) >= 11 is 0. The smallest absolute Gasteiger partial charge is 0.334 e. The molecule has 0 unspecified atom stereocenters. The monoisotopic (exact) mass is 581 g/mol. The van der Waals surface area contributed by atoms with Crippen LogP contribution in [0.3, 0.4) is 0 Å². The molecule has 0 saturated carbocycles. The van der Waals surface area contributed by atoms with Crippen LogP contribution in [-0.2, 0) is 22.6 Å². The summed E-state index contributed by atoms with van der Waals surface area (Å²) in [6.45, 7) is 0.725. The zero-order chi connectivity index (χ0) is 30.3. The zero-order valence-electron chi connectivity index (χ0n) is 24.3. The Morgan fingerprint density at radius 3 is 2.33 bits per heavy atom. The second kappa shape index (κ2) is 13.3. The van der Waals surface area contributed by atoms with Gasteiger partial charge >= 0.3 is 6.03 Å². The Morgan fingerprint density at radius 1 is 0.953 bits per heavy atom. The standard InChI is InChI=1S/C33H35N5O5/c1-4-18-36-23-30(39)37-29(38(36)33(41)34-21-25-11-7-5-8-12-25)22-35(32(40)31(37)26-13-9-6-10-14-26)19-17-24-15-16-27(42-2)28(20-24)43-3/h1,5-16,20,29,31H,17-19,21-23H2,2-3H3,(H,34,41)/t29-,31-/m0/s1. The van der Waals surface area contributed by atoms with Crippen LogP contribution < -0.4 is 14.8 Å². The van der Waals surface area contributed by atoms with Crippen molar-refractivity contribution in [1.82, 2.24) is 25.1 Å². The molecule has 2 aliphatic heterocycles. The van der Waals surface area contributed by atoms with Gasteiger partial charge in [0.05, 0.1) is 33.9 Å². The van der Waals surface area contributed by atoms with Crippen LogP contribution in [0.25, 0.3) is 0 Å². The Morgan fingerprint density at radius 2 is 1.65 bits per heavy atom. The molecular formula is C33H35N5O5. The van der Waals surface area contributed by atoms with Crippen molar-refractivity contribution in [3.05, 3.63) is 95.6 Å². The van der Waals surface area contributed by atoms with Gasteiger partial charge in [-0.2, -0.15) is 5.01 Å². The number of carbonyl (C=O) groups excluding carboxylic acids is 3. The first kappa shape index (κ1) is 29.5.